The Labute approximate surface area is 112 Å². The van der Waals surface area contributed by atoms with Gasteiger partial charge in [0.05, 0.1) is 6.61 Å². The van der Waals surface area contributed by atoms with Crippen LogP contribution in [0.25, 0.3) is 11.4 Å². The van der Waals surface area contributed by atoms with Crippen LogP contribution in [0.3, 0.4) is 0 Å². The van der Waals surface area contributed by atoms with E-state index in [1.807, 2.05) is 31.3 Å². The minimum Gasteiger partial charge on any atom is -0.385 e. The van der Waals surface area contributed by atoms with Gasteiger partial charge in [0, 0.05) is 32.0 Å². The van der Waals surface area contributed by atoms with Crippen molar-refractivity contribution >= 4 is 5.69 Å². The molecule has 0 saturated heterocycles. The fraction of sp³-hybridized carbons (Fsp3) is 0.462. The van der Waals surface area contributed by atoms with E-state index < -0.39 is 0 Å². The number of hydrogen-bond donors (Lipinski definition) is 1. The molecule has 0 radical (unpaired) electrons. The number of aromatic nitrogens is 4. The van der Waals surface area contributed by atoms with Crippen LogP contribution in [0.2, 0.25) is 0 Å². The van der Waals surface area contributed by atoms with Crippen LogP contribution in [0.15, 0.2) is 24.3 Å². The van der Waals surface area contributed by atoms with Gasteiger partial charge in [-0.3, -0.25) is 0 Å². The molecule has 19 heavy (non-hydrogen) atoms. The molecule has 1 aromatic carbocycles. The molecule has 6 nitrogen and oxygen atoms in total. The molecule has 0 amide bonds. The highest BCUT2D eigenvalue weighted by Gasteiger charge is 2.07. The van der Waals surface area contributed by atoms with Crippen LogP contribution in [-0.4, -0.2) is 40.5 Å². The van der Waals surface area contributed by atoms with Crippen molar-refractivity contribution in [2.45, 2.75) is 6.92 Å². The zero-order valence-corrected chi connectivity index (χ0v) is 11.5. The Bertz CT molecular complexity index is 525. The van der Waals surface area contributed by atoms with Gasteiger partial charge in [-0.25, -0.2) is 4.68 Å². The second kappa shape index (κ2) is 6.29. The molecule has 2 aromatic rings. The van der Waals surface area contributed by atoms with Gasteiger partial charge < -0.3 is 10.1 Å². The number of nitrogens with one attached hydrogen (secondary N) is 1. The molecule has 6 heteroatoms. The Hall–Kier alpha value is -1.95. The number of ether oxygens (including phenoxy) is 1. The lowest BCUT2D eigenvalue weighted by Crippen LogP contribution is -2.15. The first-order chi connectivity index (χ1) is 9.20. The lowest BCUT2D eigenvalue weighted by molar-refractivity contribution is 0.164. The smallest absolute Gasteiger partial charge is 0.181 e. The summed E-state index contributed by atoms with van der Waals surface area (Å²) in [7, 11) is 3.55. The van der Waals surface area contributed by atoms with Crippen molar-refractivity contribution in [1.82, 2.24) is 20.2 Å². The van der Waals surface area contributed by atoms with E-state index in [4.69, 9.17) is 4.74 Å². The average Bonchev–Trinajstić information content (AvgIpc) is 2.83. The number of tetrazole rings is 1. The predicted molar refractivity (Wildman–Crippen MR) is 73.8 cm³/mol. The molecule has 2 rings (SSSR count). The van der Waals surface area contributed by atoms with Gasteiger partial charge in [0.15, 0.2) is 5.82 Å². The van der Waals surface area contributed by atoms with Gasteiger partial charge in [-0.2, -0.15) is 0 Å². The van der Waals surface area contributed by atoms with E-state index in [0.717, 1.165) is 30.2 Å². The van der Waals surface area contributed by atoms with E-state index >= 15 is 0 Å². The highest BCUT2D eigenvalue weighted by molar-refractivity contribution is 5.62. The Balaban J connectivity index is 2.06. The average molecular weight is 261 g/mol. The maximum Gasteiger partial charge on any atom is 0.181 e. The summed E-state index contributed by atoms with van der Waals surface area (Å²) in [6.45, 7) is 3.77. The summed E-state index contributed by atoms with van der Waals surface area (Å²) in [5.74, 6) is 1.22. The number of methoxy groups -OCH3 is 1. The second-order valence-corrected chi connectivity index (χ2v) is 4.65. The molecule has 0 aliphatic heterocycles. The number of aryl methyl sites for hydroxylation is 1. The second-order valence-electron chi connectivity index (χ2n) is 4.65. The molecule has 1 aromatic heterocycles. The van der Waals surface area contributed by atoms with Crippen molar-refractivity contribution < 1.29 is 4.74 Å². The van der Waals surface area contributed by atoms with Gasteiger partial charge in [-0.1, -0.05) is 19.1 Å². The van der Waals surface area contributed by atoms with Gasteiger partial charge in [-0.15, -0.1) is 5.10 Å². The predicted octanol–water partition coefficient (Wildman–Crippen LogP) is 1.57. The fourth-order valence-corrected chi connectivity index (χ4v) is 1.88. The van der Waals surface area contributed by atoms with E-state index in [1.165, 1.54) is 0 Å². The summed E-state index contributed by atoms with van der Waals surface area (Å²) in [5, 5.41) is 14.9. The summed E-state index contributed by atoms with van der Waals surface area (Å²) >= 11 is 0. The zero-order chi connectivity index (χ0) is 13.7. The Morgan fingerprint density at radius 2 is 2.26 bits per heavy atom. The number of hydrogen-bond acceptors (Lipinski definition) is 5. The monoisotopic (exact) mass is 261 g/mol. The maximum atomic E-state index is 5.12. The molecular formula is C13H19N5O. The Kier molecular flexibility index (Phi) is 4.46. The molecule has 1 heterocycles. The molecule has 0 fully saturated rings. The van der Waals surface area contributed by atoms with E-state index in [1.54, 1.807) is 11.8 Å². The van der Waals surface area contributed by atoms with Gasteiger partial charge in [0.2, 0.25) is 0 Å². The van der Waals surface area contributed by atoms with Gasteiger partial charge in [0.1, 0.15) is 0 Å². The van der Waals surface area contributed by atoms with E-state index in [9.17, 15) is 0 Å². The Morgan fingerprint density at radius 3 is 2.95 bits per heavy atom. The molecule has 1 N–H and O–H groups in total. The minimum atomic E-state index is 0.463. The molecular weight excluding hydrogens is 242 g/mol. The lowest BCUT2D eigenvalue weighted by atomic mass is 10.1. The Morgan fingerprint density at radius 1 is 1.42 bits per heavy atom. The zero-order valence-electron chi connectivity index (χ0n) is 11.5. The van der Waals surface area contributed by atoms with Gasteiger partial charge in [0.25, 0.3) is 0 Å². The SMILES string of the molecule is COCC(C)CNc1cccc(-c2nnnn2C)c1. The highest BCUT2D eigenvalue weighted by Crippen LogP contribution is 2.19. The summed E-state index contributed by atoms with van der Waals surface area (Å²) in [4.78, 5) is 0. The summed E-state index contributed by atoms with van der Waals surface area (Å²) in [6, 6.07) is 8.07. The van der Waals surface area contributed by atoms with E-state index in [0.29, 0.717) is 5.92 Å². The molecule has 1 unspecified atom stereocenters. The van der Waals surface area contributed by atoms with Gasteiger partial charge >= 0.3 is 0 Å². The largest absolute Gasteiger partial charge is 0.385 e. The third kappa shape index (κ3) is 3.51. The van der Waals surface area contributed by atoms with Crippen LogP contribution < -0.4 is 5.32 Å². The summed E-state index contributed by atoms with van der Waals surface area (Å²) in [5.41, 5.74) is 2.06. The molecule has 0 bridgehead atoms. The molecule has 0 spiro atoms. The van der Waals surface area contributed by atoms with Crippen molar-refractivity contribution in [1.29, 1.82) is 0 Å². The normalized spacial score (nSPS) is 12.4. The topological polar surface area (TPSA) is 64.9 Å². The molecule has 1 atom stereocenters. The van der Waals surface area contributed by atoms with Crippen molar-refractivity contribution in [3.8, 4) is 11.4 Å². The van der Waals surface area contributed by atoms with Crippen LogP contribution in [0, 0.1) is 5.92 Å². The first-order valence-corrected chi connectivity index (χ1v) is 6.26. The van der Waals surface area contributed by atoms with E-state index in [-0.39, 0.29) is 0 Å². The number of benzene rings is 1. The van der Waals surface area contributed by atoms with Crippen molar-refractivity contribution in [2.24, 2.45) is 13.0 Å². The van der Waals surface area contributed by atoms with Crippen LogP contribution in [0.1, 0.15) is 6.92 Å². The van der Waals surface area contributed by atoms with E-state index in [2.05, 4.69) is 27.8 Å². The standard InChI is InChI=1S/C13H19N5O/c1-10(9-19-3)8-14-12-6-4-5-11(7-12)13-15-16-17-18(13)2/h4-7,10,14H,8-9H2,1-3H3. The van der Waals surface area contributed by atoms with Crippen molar-refractivity contribution in [3.05, 3.63) is 24.3 Å². The fourth-order valence-electron chi connectivity index (χ4n) is 1.88. The maximum absolute atomic E-state index is 5.12. The van der Waals surface area contributed by atoms with Gasteiger partial charge in [-0.05, 0) is 28.5 Å². The molecule has 0 aliphatic rings. The number of anilines is 1. The van der Waals surface area contributed by atoms with Crippen LogP contribution in [0.5, 0.6) is 0 Å². The molecule has 102 valence electrons. The summed E-state index contributed by atoms with van der Waals surface area (Å²) in [6.07, 6.45) is 0. The van der Waals surface area contributed by atoms with Crippen molar-refractivity contribution in [2.75, 3.05) is 25.6 Å². The van der Waals surface area contributed by atoms with Crippen molar-refractivity contribution in [3.63, 3.8) is 0 Å². The third-order valence-corrected chi connectivity index (χ3v) is 2.85. The first kappa shape index (κ1) is 13.5. The van der Waals surface area contributed by atoms with Crippen LogP contribution in [0.4, 0.5) is 5.69 Å². The first-order valence-electron chi connectivity index (χ1n) is 6.26. The number of rotatable bonds is 6. The van der Waals surface area contributed by atoms with Crippen LogP contribution >= 0.6 is 0 Å². The quantitative estimate of drug-likeness (QED) is 0.855. The molecule has 0 saturated carbocycles. The lowest BCUT2D eigenvalue weighted by Gasteiger charge is -2.13. The third-order valence-electron chi connectivity index (χ3n) is 2.85. The highest BCUT2D eigenvalue weighted by atomic mass is 16.5. The minimum absolute atomic E-state index is 0.463. The molecule has 0 aliphatic carbocycles. The number of nitrogens with zero attached hydrogens (tertiary/aromatic N) is 4. The van der Waals surface area contributed by atoms with Crippen LogP contribution in [-0.2, 0) is 11.8 Å². The summed E-state index contributed by atoms with van der Waals surface area (Å²) < 4.78 is 6.78.